The van der Waals surface area contributed by atoms with Crippen LogP contribution in [0, 0.1) is 0 Å². The average molecular weight is 201 g/mol. The van der Waals surface area contributed by atoms with Crippen molar-refractivity contribution < 1.29 is 9.00 Å². The van der Waals surface area contributed by atoms with E-state index in [0.29, 0.717) is 18.7 Å². The average Bonchev–Trinajstić information content (AvgIpc) is 2.30. The van der Waals surface area contributed by atoms with Crippen LogP contribution in [0.15, 0.2) is 12.7 Å². The minimum atomic E-state index is -0.843. The van der Waals surface area contributed by atoms with Gasteiger partial charge in [-0.1, -0.05) is 6.08 Å². The third-order valence-electron chi connectivity index (χ3n) is 2.14. The Balaban J connectivity index is 2.45. The van der Waals surface area contributed by atoms with Gasteiger partial charge in [-0.15, -0.1) is 6.58 Å². The van der Waals surface area contributed by atoms with Crippen molar-refractivity contribution in [2.45, 2.75) is 24.5 Å². The van der Waals surface area contributed by atoms with E-state index in [9.17, 15) is 9.00 Å². The lowest BCUT2D eigenvalue weighted by Gasteiger charge is -2.10. The zero-order valence-corrected chi connectivity index (χ0v) is 8.44. The van der Waals surface area contributed by atoms with Crippen molar-refractivity contribution in [2.75, 3.05) is 12.3 Å². The molecule has 1 amide bonds. The summed E-state index contributed by atoms with van der Waals surface area (Å²) in [5, 5.41) is 2.94. The molecule has 1 aliphatic heterocycles. The molecule has 0 spiro atoms. The molecule has 0 saturated carbocycles. The van der Waals surface area contributed by atoms with E-state index in [-0.39, 0.29) is 11.2 Å². The first-order valence-corrected chi connectivity index (χ1v) is 5.87. The molecule has 1 fully saturated rings. The molecule has 1 aliphatic rings. The standard InChI is InChI=1S/C9H15NO2S/c1-2-7-13(12)8-3-4-9(11)10-6-5-8/h2,8H,1,3-7H2,(H,10,11). The lowest BCUT2D eigenvalue weighted by Crippen LogP contribution is -2.22. The van der Waals surface area contributed by atoms with Crippen LogP contribution in [0.4, 0.5) is 0 Å². The van der Waals surface area contributed by atoms with Crippen molar-refractivity contribution in [1.29, 1.82) is 0 Å². The van der Waals surface area contributed by atoms with Crippen LogP contribution in [0.1, 0.15) is 19.3 Å². The highest BCUT2D eigenvalue weighted by Crippen LogP contribution is 2.12. The number of rotatable bonds is 3. The minimum absolute atomic E-state index is 0.0816. The number of carbonyl (C=O) groups excluding carboxylic acids is 1. The van der Waals surface area contributed by atoms with Gasteiger partial charge in [0.25, 0.3) is 0 Å². The summed E-state index contributed by atoms with van der Waals surface area (Å²) >= 11 is 0. The summed E-state index contributed by atoms with van der Waals surface area (Å²) in [5.41, 5.74) is 0. The molecule has 0 aromatic rings. The summed E-state index contributed by atoms with van der Waals surface area (Å²) in [4.78, 5) is 11.0. The van der Waals surface area contributed by atoms with Gasteiger partial charge in [0.2, 0.25) is 5.91 Å². The van der Waals surface area contributed by atoms with Crippen LogP contribution in [0.3, 0.4) is 0 Å². The monoisotopic (exact) mass is 201 g/mol. The van der Waals surface area contributed by atoms with Gasteiger partial charge in [0.1, 0.15) is 0 Å². The molecule has 13 heavy (non-hydrogen) atoms. The van der Waals surface area contributed by atoms with Crippen LogP contribution < -0.4 is 5.32 Å². The van der Waals surface area contributed by atoms with Crippen molar-refractivity contribution in [3.63, 3.8) is 0 Å². The van der Waals surface area contributed by atoms with Gasteiger partial charge in [-0.25, -0.2) is 0 Å². The van der Waals surface area contributed by atoms with Crippen molar-refractivity contribution in [1.82, 2.24) is 5.32 Å². The number of amides is 1. The quantitative estimate of drug-likeness (QED) is 0.679. The molecule has 0 aromatic heterocycles. The maximum absolute atomic E-state index is 11.6. The Kier molecular flexibility index (Phi) is 4.15. The Morgan fingerprint density at radius 2 is 2.38 bits per heavy atom. The molecule has 1 N–H and O–H groups in total. The van der Waals surface area contributed by atoms with Gasteiger partial charge in [0.05, 0.1) is 0 Å². The van der Waals surface area contributed by atoms with E-state index in [2.05, 4.69) is 11.9 Å². The van der Waals surface area contributed by atoms with Gasteiger partial charge in [-0.05, 0) is 12.8 Å². The van der Waals surface area contributed by atoms with Crippen LogP contribution in [0.5, 0.6) is 0 Å². The molecule has 74 valence electrons. The first-order chi connectivity index (χ1) is 6.24. The molecule has 2 atom stereocenters. The topological polar surface area (TPSA) is 46.2 Å². The van der Waals surface area contributed by atoms with E-state index >= 15 is 0 Å². The molecule has 1 heterocycles. The molecule has 1 saturated heterocycles. The number of nitrogens with one attached hydrogen (secondary N) is 1. The molecule has 0 aliphatic carbocycles. The van der Waals surface area contributed by atoms with Crippen LogP contribution in [-0.2, 0) is 15.6 Å². The van der Waals surface area contributed by atoms with Crippen LogP contribution >= 0.6 is 0 Å². The summed E-state index contributed by atoms with van der Waals surface area (Å²) in [6.45, 7) is 4.22. The summed E-state index contributed by atoms with van der Waals surface area (Å²) < 4.78 is 11.6. The SMILES string of the molecule is C=CCS(=O)C1CCNC(=O)CC1. The first kappa shape index (κ1) is 10.4. The fraction of sp³-hybridized carbons (Fsp3) is 0.667. The number of hydrogen-bond acceptors (Lipinski definition) is 2. The Morgan fingerprint density at radius 1 is 1.62 bits per heavy atom. The Morgan fingerprint density at radius 3 is 3.08 bits per heavy atom. The molecule has 0 bridgehead atoms. The van der Waals surface area contributed by atoms with Gasteiger partial charge in [-0.2, -0.15) is 0 Å². The van der Waals surface area contributed by atoms with Gasteiger partial charge in [-0.3, -0.25) is 9.00 Å². The second kappa shape index (κ2) is 5.17. The van der Waals surface area contributed by atoms with Crippen LogP contribution in [0.25, 0.3) is 0 Å². The van der Waals surface area contributed by atoms with E-state index in [1.54, 1.807) is 6.08 Å². The third-order valence-corrected chi connectivity index (χ3v) is 3.91. The number of carbonyl (C=O) groups is 1. The maximum atomic E-state index is 11.6. The molecule has 2 unspecified atom stereocenters. The second-order valence-electron chi connectivity index (χ2n) is 3.14. The third kappa shape index (κ3) is 3.30. The summed E-state index contributed by atoms with van der Waals surface area (Å²) in [6, 6.07) is 0. The predicted molar refractivity (Wildman–Crippen MR) is 53.9 cm³/mol. The molecular formula is C9H15NO2S. The predicted octanol–water partition coefficient (Wildman–Crippen LogP) is 0.590. The van der Waals surface area contributed by atoms with Gasteiger partial charge >= 0.3 is 0 Å². The van der Waals surface area contributed by atoms with Crippen molar-refractivity contribution in [3.8, 4) is 0 Å². The highest BCUT2D eigenvalue weighted by molar-refractivity contribution is 7.85. The number of hydrogen-bond donors (Lipinski definition) is 1. The molecule has 4 heteroatoms. The largest absolute Gasteiger partial charge is 0.356 e. The molecule has 1 rings (SSSR count). The Hall–Kier alpha value is -0.640. The normalized spacial score (nSPS) is 25.8. The smallest absolute Gasteiger partial charge is 0.220 e. The van der Waals surface area contributed by atoms with Crippen LogP contribution in [0.2, 0.25) is 0 Å². The fourth-order valence-electron chi connectivity index (χ4n) is 1.41. The Labute approximate surface area is 81.0 Å². The lowest BCUT2D eigenvalue weighted by atomic mass is 10.2. The minimum Gasteiger partial charge on any atom is -0.356 e. The van der Waals surface area contributed by atoms with Gasteiger partial charge in [0, 0.05) is 34.8 Å². The molecule has 3 nitrogen and oxygen atoms in total. The first-order valence-electron chi connectivity index (χ1n) is 4.49. The van der Waals surface area contributed by atoms with Crippen LogP contribution in [-0.4, -0.2) is 27.7 Å². The zero-order chi connectivity index (χ0) is 9.68. The highest BCUT2D eigenvalue weighted by atomic mass is 32.2. The maximum Gasteiger partial charge on any atom is 0.220 e. The van der Waals surface area contributed by atoms with E-state index in [0.717, 1.165) is 12.8 Å². The van der Waals surface area contributed by atoms with E-state index in [1.807, 2.05) is 0 Å². The van der Waals surface area contributed by atoms with Crippen molar-refractivity contribution >= 4 is 16.7 Å². The summed E-state index contributed by atoms with van der Waals surface area (Å²) in [6.07, 6.45) is 3.75. The van der Waals surface area contributed by atoms with E-state index in [1.165, 1.54) is 0 Å². The lowest BCUT2D eigenvalue weighted by molar-refractivity contribution is -0.120. The van der Waals surface area contributed by atoms with Crippen molar-refractivity contribution in [3.05, 3.63) is 12.7 Å². The van der Waals surface area contributed by atoms with Gasteiger partial charge < -0.3 is 5.32 Å². The molecule has 0 radical (unpaired) electrons. The second-order valence-corrected chi connectivity index (χ2v) is 4.90. The summed E-state index contributed by atoms with van der Waals surface area (Å²) in [7, 11) is -0.843. The molecular weight excluding hydrogens is 186 g/mol. The van der Waals surface area contributed by atoms with E-state index in [4.69, 9.17) is 0 Å². The molecule has 0 aromatic carbocycles. The van der Waals surface area contributed by atoms with E-state index < -0.39 is 10.8 Å². The summed E-state index contributed by atoms with van der Waals surface area (Å²) in [5.74, 6) is 0.622. The van der Waals surface area contributed by atoms with Gasteiger partial charge in [0.15, 0.2) is 0 Å². The highest BCUT2D eigenvalue weighted by Gasteiger charge is 2.20. The zero-order valence-electron chi connectivity index (χ0n) is 7.62. The Bertz CT molecular complexity index is 228. The van der Waals surface area contributed by atoms with Crippen molar-refractivity contribution in [2.24, 2.45) is 0 Å². The fourth-order valence-corrected chi connectivity index (χ4v) is 2.68.